The van der Waals surface area contributed by atoms with E-state index in [9.17, 15) is 13.2 Å². The van der Waals surface area contributed by atoms with Crippen molar-refractivity contribution in [3.63, 3.8) is 0 Å². The highest BCUT2D eigenvalue weighted by molar-refractivity contribution is 7.99. The Bertz CT molecular complexity index is 998. The highest BCUT2D eigenvalue weighted by Crippen LogP contribution is 2.31. The highest BCUT2D eigenvalue weighted by atomic mass is 35.5. The number of thioether (sulfide) groups is 1. The van der Waals surface area contributed by atoms with Crippen molar-refractivity contribution in [1.82, 2.24) is 5.32 Å². The molecule has 1 aliphatic rings. The highest BCUT2D eigenvalue weighted by Gasteiger charge is 2.27. The largest absolute Gasteiger partial charge is 0.354 e. The van der Waals surface area contributed by atoms with E-state index in [1.807, 2.05) is 11.8 Å². The van der Waals surface area contributed by atoms with Gasteiger partial charge in [-0.15, -0.1) is 0 Å². The van der Waals surface area contributed by atoms with Gasteiger partial charge >= 0.3 is 0 Å². The Morgan fingerprint density at radius 1 is 1.03 bits per heavy atom. The van der Waals surface area contributed by atoms with E-state index in [1.165, 1.54) is 56.4 Å². The standard InChI is InChI=1S/C23H28Cl2N2O3S2/c24-21-13-12-18(16-22(21)25)27(32(29,30)20-10-5-2-6-11-20)17-23(28)26-14-7-15-31-19-8-3-1-4-9-19/h2,5-6,10-13,16,19H,1,3-4,7-9,14-15,17H2,(H,26,28). The van der Waals surface area contributed by atoms with Crippen molar-refractivity contribution in [2.45, 2.75) is 48.7 Å². The number of halogens is 2. The molecule has 2 aromatic carbocycles. The fourth-order valence-corrected chi connectivity index (χ4v) is 6.68. The summed E-state index contributed by atoms with van der Waals surface area (Å²) in [6.07, 6.45) is 7.39. The first kappa shape index (κ1) is 25.2. The first-order valence-electron chi connectivity index (χ1n) is 10.8. The smallest absolute Gasteiger partial charge is 0.264 e. The predicted octanol–water partition coefficient (Wildman–Crippen LogP) is 5.76. The molecular formula is C23H28Cl2N2O3S2. The lowest BCUT2D eigenvalue weighted by molar-refractivity contribution is -0.119. The number of carbonyl (C=O) groups is 1. The molecule has 0 saturated heterocycles. The van der Waals surface area contributed by atoms with Crippen molar-refractivity contribution in [2.75, 3.05) is 23.1 Å². The number of nitrogens with zero attached hydrogens (tertiary/aromatic N) is 1. The maximum atomic E-state index is 13.3. The molecule has 1 aliphatic carbocycles. The molecule has 1 saturated carbocycles. The van der Waals surface area contributed by atoms with Crippen LogP contribution in [0.4, 0.5) is 5.69 Å². The van der Waals surface area contributed by atoms with Gasteiger partial charge in [-0.1, -0.05) is 60.7 Å². The van der Waals surface area contributed by atoms with E-state index >= 15 is 0 Å². The topological polar surface area (TPSA) is 66.5 Å². The molecule has 3 rings (SSSR count). The minimum absolute atomic E-state index is 0.0998. The number of sulfonamides is 1. The van der Waals surface area contributed by atoms with Crippen LogP contribution in [0.3, 0.4) is 0 Å². The number of nitrogens with one attached hydrogen (secondary N) is 1. The molecule has 0 bridgehead atoms. The van der Waals surface area contributed by atoms with E-state index in [4.69, 9.17) is 23.2 Å². The first-order chi connectivity index (χ1) is 15.4. The molecule has 0 radical (unpaired) electrons. The second-order valence-corrected chi connectivity index (χ2v) is 11.8. The maximum absolute atomic E-state index is 13.3. The molecule has 1 N–H and O–H groups in total. The van der Waals surface area contributed by atoms with Crippen LogP contribution >= 0.6 is 35.0 Å². The fraction of sp³-hybridized carbons (Fsp3) is 0.435. The maximum Gasteiger partial charge on any atom is 0.264 e. The third-order valence-corrected chi connectivity index (χ3v) is 9.35. The van der Waals surface area contributed by atoms with Gasteiger partial charge in [0, 0.05) is 11.8 Å². The van der Waals surface area contributed by atoms with Crippen molar-refractivity contribution in [3.8, 4) is 0 Å². The van der Waals surface area contributed by atoms with Crippen molar-refractivity contribution in [1.29, 1.82) is 0 Å². The lowest BCUT2D eigenvalue weighted by Gasteiger charge is -2.24. The number of hydrogen-bond donors (Lipinski definition) is 1. The second kappa shape index (κ2) is 12.2. The predicted molar refractivity (Wildman–Crippen MR) is 134 cm³/mol. The molecule has 1 fully saturated rings. The van der Waals surface area contributed by atoms with Crippen LogP contribution < -0.4 is 9.62 Å². The summed E-state index contributed by atoms with van der Waals surface area (Å²) in [6.45, 7) is 0.171. The number of hydrogen-bond acceptors (Lipinski definition) is 4. The molecule has 174 valence electrons. The second-order valence-electron chi connectivity index (χ2n) is 7.76. The van der Waals surface area contributed by atoms with Gasteiger partial charge in [0.25, 0.3) is 10.0 Å². The zero-order valence-corrected chi connectivity index (χ0v) is 20.9. The van der Waals surface area contributed by atoms with Gasteiger partial charge in [-0.05, 0) is 55.3 Å². The lowest BCUT2D eigenvalue weighted by atomic mass is 10.0. The number of anilines is 1. The summed E-state index contributed by atoms with van der Waals surface area (Å²) in [5, 5.41) is 4.12. The summed E-state index contributed by atoms with van der Waals surface area (Å²) in [5.41, 5.74) is 0.284. The Labute approximate surface area is 204 Å². The van der Waals surface area contributed by atoms with Gasteiger partial charge in [0.1, 0.15) is 6.54 Å². The summed E-state index contributed by atoms with van der Waals surface area (Å²) < 4.78 is 27.6. The van der Waals surface area contributed by atoms with Gasteiger partial charge in [0.15, 0.2) is 0 Å². The van der Waals surface area contributed by atoms with E-state index in [2.05, 4.69) is 5.32 Å². The van der Waals surface area contributed by atoms with Gasteiger partial charge in [0.2, 0.25) is 5.91 Å². The number of benzene rings is 2. The van der Waals surface area contributed by atoms with E-state index in [0.29, 0.717) is 11.6 Å². The average molecular weight is 516 g/mol. The Morgan fingerprint density at radius 3 is 2.44 bits per heavy atom. The molecule has 5 nitrogen and oxygen atoms in total. The molecule has 0 unspecified atom stereocenters. The van der Waals surface area contributed by atoms with Crippen molar-refractivity contribution in [2.24, 2.45) is 0 Å². The molecular weight excluding hydrogens is 487 g/mol. The molecule has 0 heterocycles. The summed E-state index contributed by atoms with van der Waals surface area (Å²) in [4.78, 5) is 12.7. The zero-order chi connectivity index (χ0) is 23.0. The third kappa shape index (κ3) is 7.04. The van der Waals surface area contributed by atoms with E-state index in [0.717, 1.165) is 21.7 Å². The van der Waals surface area contributed by atoms with Crippen LogP contribution in [0.1, 0.15) is 38.5 Å². The third-order valence-electron chi connectivity index (χ3n) is 5.36. The van der Waals surface area contributed by atoms with Crippen LogP contribution in [-0.2, 0) is 14.8 Å². The Hall–Kier alpha value is -1.41. The van der Waals surface area contributed by atoms with Gasteiger partial charge in [-0.2, -0.15) is 11.8 Å². The van der Waals surface area contributed by atoms with Crippen LogP contribution in [0.2, 0.25) is 10.0 Å². The van der Waals surface area contributed by atoms with Crippen LogP contribution in [0, 0.1) is 0 Å². The minimum Gasteiger partial charge on any atom is -0.354 e. The number of amides is 1. The van der Waals surface area contributed by atoms with Crippen LogP contribution in [0.25, 0.3) is 0 Å². The molecule has 32 heavy (non-hydrogen) atoms. The fourth-order valence-electron chi connectivity index (χ4n) is 3.64. The zero-order valence-electron chi connectivity index (χ0n) is 17.8. The van der Waals surface area contributed by atoms with Crippen LogP contribution in [0.5, 0.6) is 0 Å². The summed E-state index contributed by atoms with van der Waals surface area (Å²) in [5.74, 6) is 0.627. The quantitative estimate of drug-likeness (QED) is 0.409. The monoisotopic (exact) mass is 514 g/mol. The molecule has 9 heteroatoms. The van der Waals surface area contributed by atoms with Crippen LogP contribution in [0.15, 0.2) is 53.4 Å². The first-order valence-corrected chi connectivity index (χ1v) is 14.0. The van der Waals surface area contributed by atoms with Gasteiger partial charge in [0.05, 0.1) is 20.6 Å². The van der Waals surface area contributed by atoms with Gasteiger partial charge in [-0.25, -0.2) is 8.42 Å². The van der Waals surface area contributed by atoms with Gasteiger partial charge < -0.3 is 5.32 Å². The molecule has 0 spiro atoms. The Kier molecular flexibility index (Phi) is 9.59. The van der Waals surface area contributed by atoms with Gasteiger partial charge in [-0.3, -0.25) is 9.10 Å². The number of carbonyl (C=O) groups excluding carboxylic acids is 1. The Balaban J connectivity index is 1.63. The SMILES string of the molecule is O=C(CN(c1ccc(Cl)c(Cl)c1)S(=O)(=O)c1ccccc1)NCCCSC1CCCCC1. The summed E-state index contributed by atoms with van der Waals surface area (Å²) >= 11 is 14.1. The molecule has 1 amide bonds. The van der Waals surface area contributed by atoms with Crippen LogP contribution in [-0.4, -0.2) is 38.4 Å². The summed E-state index contributed by atoms with van der Waals surface area (Å²) in [6, 6.07) is 12.5. The van der Waals surface area contributed by atoms with Crippen molar-refractivity contribution in [3.05, 3.63) is 58.6 Å². The molecule has 0 aliphatic heterocycles. The van der Waals surface area contributed by atoms with Crippen molar-refractivity contribution >= 4 is 56.6 Å². The molecule has 0 atom stereocenters. The summed E-state index contributed by atoms with van der Waals surface area (Å²) in [7, 11) is -3.96. The lowest BCUT2D eigenvalue weighted by Crippen LogP contribution is -2.41. The van der Waals surface area contributed by atoms with E-state index < -0.39 is 10.0 Å². The van der Waals surface area contributed by atoms with Crippen molar-refractivity contribution < 1.29 is 13.2 Å². The van der Waals surface area contributed by atoms with E-state index in [1.54, 1.807) is 24.3 Å². The minimum atomic E-state index is -3.96. The Morgan fingerprint density at radius 2 is 1.75 bits per heavy atom. The number of rotatable bonds is 10. The normalized spacial score (nSPS) is 14.8. The average Bonchev–Trinajstić information content (AvgIpc) is 2.80. The molecule has 0 aromatic heterocycles. The van der Waals surface area contributed by atoms with E-state index in [-0.39, 0.29) is 28.1 Å². The molecule has 2 aromatic rings.